The van der Waals surface area contributed by atoms with Gasteiger partial charge in [0, 0.05) is 18.8 Å². The number of rotatable bonds is 6. The van der Waals surface area contributed by atoms with Crippen LogP contribution in [0.2, 0.25) is 0 Å². The molecule has 19 heavy (non-hydrogen) atoms. The van der Waals surface area contributed by atoms with Crippen molar-refractivity contribution in [3.05, 3.63) is 23.9 Å². The fourth-order valence-electron chi connectivity index (χ4n) is 1.70. The molecule has 2 aromatic heterocycles. The van der Waals surface area contributed by atoms with Gasteiger partial charge in [-0.3, -0.25) is 0 Å². The molecule has 0 bridgehead atoms. The molecule has 0 fully saturated rings. The van der Waals surface area contributed by atoms with Gasteiger partial charge in [-0.15, -0.1) is 5.10 Å². The monoisotopic (exact) mass is 283 g/mol. The maximum atomic E-state index is 11.4. The van der Waals surface area contributed by atoms with Crippen LogP contribution < -0.4 is 10.0 Å². The average molecular weight is 283 g/mol. The Morgan fingerprint density at radius 2 is 2.16 bits per heavy atom. The summed E-state index contributed by atoms with van der Waals surface area (Å²) < 4.78 is 27.0. The third kappa shape index (κ3) is 3.42. The molecule has 0 saturated heterocycles. The normalized spacial score (nSPS) is 11.9. The summed E-state index contributed by atoms with van der Waals surface area (Å²) in [6.07, 6.45) is 0. The van der Waals surface area contributed by atoms with Crippen LogP contribution in [0.25, 0.3) is 5.65 Å². The highest BCUT2D eigenvalue weighted by Crippen LogP contribution is 2.07. The molecule has 0 amide bonds. The van der Waals surface area contributed by atoms with Crippen molar-refractivity contribution in [2.24, 2.45) is 0 Å². The highest BCUT2D eigenvalue weighted by atomic mass is 32.2. The second-order valence-corrected chi connectivity index (χ2v) is 6.04. The molecule has 104 valence electrons. The van der Waals surface area contributed by atoms with Gasteiger partial charge in [0.1, 0.15) is 0 Å². The average Bonchev–Trinajstić information content (AvgIpc) is 2.73. The zero-order valence-electron chi connectivity index (χ0n) is 10.9. The Kier molecular flexibility index (Phi) is 4.01. The van der Waals surface area contributed by atoms with E-state index in [9.17, 15) is 8.42 Å². The van der Waals surface area contributed by atoms with Crippen LogP contribution in [0.5, 0.6) is 0 Å². The van der Waals surface area contributed by atoms with Crippen molar-refractivity contribution in [3.63, 3.8) is 0 Å². The predicted octanol–water partition coefficient (Wildman–Crippen LogP) is 0.389. The number of aryl methyl sites for hydroxylation is 1. The Hall–Kier alpha value is -1.67. The van der Waals surface area contributed by atoms with Crippen molar-refractivity contribution in [2.45, 2.75) is 13.8 Å². The lowest BCUT2D eigenvalue weighted by Crippen LogP contribution is -2.29. The zero-order valence-corrected chi connectivity index (χ0v) is 11.7. The number of fused-ring (bicyclic) bond motifs is 1. The van der Waals surface area contributed by atoms with E-state index in [4.69, 9.17) is 0 Å². The minimum Gasteiger partial charge on any atom is -0.352 e. The van der Waals surface area contributed by atoms with Crippen LogP contribution in [0.15, 0.2) is 18.2 Å². The quantitative estimate of drug-likeness (QED) is 0.800. The molecule has 0 atom stereocenters. The minimum absolute atomic E-state index is 0.00459. The van der Waals surface area contributed by atoms with Crippen molar-refractivity contribution >= 4 is 21.6 Å². The summed E-state index contributed by atoms with van der Waals surface area (Å²) >= 11 is 0. The number of hydrogen-bond acceptors (Lipinski definition) is 5. The third-order valence-corrected chi connectivity index (χ3v) is 4.04. The molecule has 2 aromatic rings. The fourth-order valence-corrected chi connectivity index (χ4v) is 2.65. The highest BCUT2D eigenvalue weighted by molar-refractivity contribution is 7.89. The van der Waals surface area contributed by atoms with Crippen LogP contribution in [-0.4, -0.2) is 41.9 Å². The summed E-state index contributed by atoms with van der Waals surface area (Å²) in [6, 6.07) is 5.68. The topological polar surface area (TPSA) is 88.4 Å². The molecule has 8 heteroatoms. The van der Waals surface area contributed by atoms with E-state index in [2.05, 4.69) is 20.1 Å². The number of aromatic nitrogens is 3. The van der Waals surface area contributed by atoms with Gasteiger partial charge in [-0.1, -0.05) is 13.0 Å². The zero-order chi connectivity index (χ0) is 13.9. The Morgan fingerprint density at radius 1 is 1.37 bits per heavy atom. The molecule has 2 N–H and O–H groups in total. The molecular formula is C11H17N5O2S. The van der Waals surface area contributed by atoms with E-state index < -0.39 is 10.0 Å². The van der Waals surface area contributed by atoms with Gasteiger partial charge in [0.25, 0.3) is 0 Å². The van der Waals surface area contributed by atoms with Crippen molar-refractivity contribution in [3.8, 4) is 0 Å². The second-order valence-electron chi connectivity index (χ2n) is 4.12. The molecule has 0 unspecified atom stereocenters. The minimum atomic E-state index is -3.21. The summed E-state index contributed by atoms with van der Waals surface area (Å²) in [7, 11) is -3.21. The first-order valence-corrected chi connectivity index (χ1v) is 7.70. The van der Waals surface area contributed by atoms with E-state index in [-0.39, 0.29) is 12.3 Å². The SMILES string of the molecule is CCNS(=O)(=O)CCNc1nc2cccc(C)n2n1. The second kappa shape index (κ2) is 5.54. The standard InChI is InChI=1S/C11H17N5O2S/c1-3-13-19(17,18)8-7-12-11-14-10-6-4-5-9(2)16(10)15-11/h4-6,13H,3,7-8H2,1-2H3,(H,12,15). The summed E-state index contributed by atoms with van der Waals surface area (Å²) in [4.78, 5) is 4.26. The first-order chi connectivity index (χ1) is 9.02. The molecular weight excluding hydrogens is 266 g/mol. The van der Waals surface area contributed by atoms with Crippen LogP contribution in [0, 0.1) is 6.92 Å². The molecule has 0 aliphatic heterocycles. The van der Waals surface area contributed by atoms with E-state index in [0.29, 0.717) is 12.5 Å². The van der Waals surface area contributed by atoms with Crippen molar-refractivity contribution < 1.29 is 8.42 Å². The van der Waals surface area contributed by atoms with E-state index in [1.165, 1.54) is 0 Å². The summed E-state index contributed by atoms with van der Waals surface area (Å²) in [5, 5.41) is 7.17. The number of hydrogen-bond donors (Lipinski definition) is 2. The maximum absolute atomic E-state index is 11.4. The predicted molar refractivity (Wildman–Crippen MR) is 73.7 cm³/mol. The maximum Gasteiger partial charge on any atom is 0.243 e. The van der Waals surface area contributed by atoms with E-state index in [0.717, 1.165) is 11.3 Å². The molecule has 2 heterocycles. The van der Waals surface area contributed by atoms with Crippen LogP contribution in [-0.2, 0) is 10.0 Å². The van der Waals surface area contributed by atoms with Gasteiger partial charge in [-0.25, -0.2) is 17.7 Å². The van der Waals surface area contributed by atoms with Crippen molar-refractivity contribution in [2.75, 3.05) is 24.2 Å². The first kappa shape index (κ1) is 13.8. The number of nitrogens with one attached hydrogen (secondary N) is 2. The van der Waals surface area contributed by atoms with Crippen LogP contribution in [0.4, 0.5) is 5.95 Å². The molecule has 0 aromatic carbocycles. The lowest BCUT2D eigenvalue weighted by Gasteiger charge is -2.04. The Bertz CT molecular complexity index is 665. The van der Waals surface area contributed by atoms with Crippen LogP contribution in [0.1, 0.15) is 12.6 Å². The molecule has 0 saturated carbocycles. The number of pyridine rings is 1. The molecule has 0 radical (unpaired) electrons. The van der Waals surface area contributed by atoms with Gasteiger partial charge >= 0.3 is 0 Å². The van der Waals surface area contributed by atoms with Crippen molar-refractivity contribution in [1.82, 2.24) is 19.3 Å². The highest BCUT2D eigenvalue weighted by Gasteiger charge is 2.09. The van der Waals surface area contributed by atoms with Gasteiger partial charge in [0.15, 0.2) is 5.65 Å². The van der Waals surface area contributed by atoms with E-state index >= 15 is 0 Å². The molecule has 7 nitrogen and oxygen atoms in total. The summed E-state index contributed by atoms with van der Waals surface area (Å²) in [5.74, 6) is 0.427. The molecule has 2 rings (SSSR count). The smallest absolute Gasteiger partial charge is 0.243 e. The van der Waals surface area contributed by atoms with Gasteiger partial charge in [0.2, 0.25) is 16.0 Å². The molecule has 0 aliphatic rings. The number of anilines is 1. The lowest BCUT2D eigenvalue weighted by atomic mass is 10.4. The molecule has 0 spiro atoms. The van der Waals surface area contributed by atoms with E-state index in [1.54, 1.807) is 11.4 Å². The van der Waals surface area contributed by atoms with Gasteiger partial charge in [-0.2, -0.15) is 4.98 Å². The van der Waals surface area contributed by atoms with Crippen LogP contribution in [0.3, 0.4) is 0 Å². The largest absolute Gasteiger partial charge is 0.352 e. The molecule has 0 aliphatic carbocycles. The summed E-state index contributed by atoms with van der Waals surface area (Å²) in [5.41, 5.74) is 1.70. The van der Waals surface area contributed by atoms with Gasteiger partial charge < -0.3 is 5.32 Å². The van der Waals surface area contributed by atoms with Crippen molar-refractivity contribution in [1.29, 1.82) is 0 Å². The van der Waals surface area contributed by atoms with Gasteiger partial charge in [-0.05, 0) is 19.1 Å². The number of nitrogens with zero attached hydrogens (tertiary/aromatic N) is 3. The number of sulfonamides is 1. The van der Waals surface area contributed by atoms with Gasteiger partial charge in [0.05, 0.1) is 5.75 Å². The first-order valence-electron chi connectivity index (χ1n) is 6.05. The Labute approximate surface area is 112 Å². The fraction of sp³-hybridized carbons (Fsp3) is 0.455. The summed E-state index contributed by atoms with van der Waals surface area (Å²) in [6.45, 7) is 4.35. The third-order valence-electron chi connectivity index (χ3n) is 2.57. The Morgan fingerprint density at radius 3 is 2.84 bits per heavy atom. The lowest BCUT2D eigenvalue weighted by molar-refractivity contribution is 0.584. The van der Waals surface area contributed by atoms with E-state index in [1.807, 2.05) is 25.1 Å². The van der Waals surface area contributed by atoms with Crippen LogP contribution >= 0.6 is 0 Å². The Balaban J connectivity index is 2.01.